The van der Waals surface area contributed by atoms with Gasteiger partial charge in [0.2, 0.25) is 0 Å². The van der Waals surface area contributed by atoms with Crippen molar-refractivity contribution in [2.75, 3.05) is 5.32 Å². The standard InChI is InChI=1S/C10H9F4NO2/c1-5-2-3-6(4-7(5)16)15-9(17)10(13,14)8(11)12/h2-4,8,16H,1H3,(H,15,17). The number of aromatic hydroxyl groups is 1. The minimum absolute atomic E-state index is 0.182. The number of amides is 1. The number of alkyl halides is 4. The molecule has 0 bridgehead atoms. The van der Waals surface area contributed by atoms with Gasteiger partial charge in [-0.25, -0.2) is 8.78 Å². The highest BCUT2D eigenvalue weighted by Crippen LogP contribution is 2.26. The fourth-order valence-corrected chi connectivity index (χ4v) is 1.00. The molecule has 94 valence electrons. The number of rotatable bonds is 3. The number of hydrogen-bond donors (Lipinski definition) is 2. The zero-order valence-electron chi connectivity index (χ0n) is 8.68. The molecule has 17 heavy (non-hydrogen) atoms. The van der Waals surface area contributed by atoms with Crippen LogP contribution in [0.15, 0.2) is 18.2 Å². The number of phenolic OH excluding ortho intramolecular Hbond substituents is 1. The number of anilines is 1. The molecule has 1 aromatic rings. The van der Waals surface area contributed by atoms with E-state index in [9.17, 15) is 27.5 Å². The molecule has 1 amide bonds. The van der Waals surface area contributed by atoms with Crippen molar-refractivity contribution in [2.24, 2.45) is 0 Å². The van der Waals surface area contributed by atoms with Crippen LogP contribution in [-0.2, 0) is 4.79 Å². The summed E-state index contributed by atoms with van der Waals surface area (Å²) in [5.41, 5.74) is 0.280. The lowest BCUT2D eigenvalue weighted by atomic mass is 10.2. The molecule has 0 spiro atoms. The summed E-state index contributed by atoms with van der Waals surface area (Å²) in [6, 6.07) is 3.56. The first kappa shape index (κ1) is 13.3. The van der Waals surface area contributed by atoms with Crippen molar-refractivity contribution in [3.05, 3.63) is 23.8 Å². The summed E-state index contributed by atoms with van der Waals surface area (Å²) in [5, 5.41) is 10.8. The first-order valence-corrected chi connectivity index (χ1v) is 4.52. The second-order valence-electron chi connectivity index (χ2n) is 3.38. The molecule has 0 aliphatic rings. The van der Waals surface area contributed by atoms with Crippen LogP contribution in [0.1, 0.15) is 5.56 Å². The maximum atomic E-state index is 12.6. The first-order chi connectivity index (χ1) is 7.75. The summed E-state index contributed by atoms with van der Waals surface area (Å²) in [7, 11) is 0. The van der Waals surface area contributed by atoms with Gasteiger partial charge in [0.15, 0.2) is 0 Å². The topological polar surface area (TPSA) is 49.3 Å². The minimum Gasteiger partial charge on any atom is -0.508 e. The monoisotopic (exact) mass is 251 g/mol. The van der Waals surface area contributed by atoms with E-state index in [1.807, 2.05) is 0 Å². The molecule has 0 aromatic heterocycles. The van der Waals surface area contributed by atoms with E-state index < -0.39 is 18.3 Å². The predicted octanol–water partition coefficient (Wildman–Crippen LogP) is 2.54. The highest BCUT2D eigenvalue weighted by molar-refractivity contribution is 5.96. The molecule has 0 aliphatic heterocycles. The normalized spacial score (nSPS) is 11.6. The van der Waals surface area contributed by atoms with Crippen molar-refractivity contribution in [1.29, 1.82) is 0 Å². The van der Waals surface area contributed by atoms with Crippen molar-refractivity contribution in [2.45, 2.75) is 19.3 Å². The number of nitrogens with one attached hydrogen (secondary N) is 1. The van der Waals surface area contributed by atoms with Gasteiger partial charge in [0.1, 0.15) is 5.75 Å². The van der Waals surface area contributed by atoms with E-state index in [1.165, 1.54) is 12.1 Å². The Kier molecular flexibility index (Phi) is 3.59. The Morgan fingerprint density at radius 3 is 2.47 bits per heavy atom. The van der Waals surface area contributed by atoms with Crippen LogP contribution in [0.5, 0.6) is 5.75 Å². The second-order valence-corrected chi connectivity index (χ2v) is 3.38. The highest BCUT2D eigenvalue weighted by atomic mass is 19.3. The number of aryl methyl sites for hydroxylation is 1. The van der Waals surface area contributed by atoms with Gasteiger partial charge in [0, 0.05) is 11.8 Å². The molecule has 0 aliphatic carbocycles. The third-order valence-electron chi connectivity index (χ3n) is 2.04. The Hall–Kier alpha value is -1.79. The Labute approximate surface area is 94.1 Å². The van der Waals surface area contributed by atoms with Gasteiger partial charge in [-0.2, -0.15) is 8.78 Å². The molecule has 0 saturated carbocycles. The van der Waals surface area contributed by atoms with Crippen LogP contribution in [0.3, 0.4) is 0 Å². The van der Waals surface area contributed by atoms with Gasteiger partial charge < -0.3 is 10.4 Å². The number of hydrogen-bond acceptors (Lipinski definition) is 2. The van der Waals surface area contributed by atoms with E-state index in [4.69, 9.17) is 0 Å². The lowest BCUT2D eigenvalue weighted by Crippen LogP contribution is -2.40. The Bertz CT molecular complexity index is 434. The molecule has 1 rings (SSSR count). The average Bonchev–Trinajstić information content (AvgIpc) is 2.23. The number of phenols is 1. The lowest BCUT2D eigenvalue weighted by Gasteiger charge is -2.15. The number of benzene rings is 1. The Morgan fingerprint density at radius 1 is 1.41 bits per heavy atom. The third-order valence-corrected chi connectivity index (χ3v) is 2.04. The number of halogens is 4. The van der Waals surface area contributed by atoms with Crippen LogP contribution in [-0.4, -0.2) is 23.4 Å². The average molecular weight is 251 g/mol. The van der Waals surface area contributed by atoms with Gasteiger partial charge in [-0.05, 0) is 18.6 Å². The number of carbonyl (C=O) groups excluding carboxylic acids is 1. The molecule has 2 N–H and O–H groups in total. The van der Waals surface area contributed by atoms with E-state index in [1.54, 1.807) is 12.2 Å². The van der Waals surface area contributed by atoms with Crippen LogP contribution in [0.4, 0.5) is 23.2 Å². The highest BCUT2D eigenvalue weighted by Gasteiger charge is 2.48. The lowest BCUT2D eigenvalue weighted by molar-refractivity contribution is -0.163. The quantitative estimate of drug-likeness (QED) is 0.811. The zero-order valence-corrected chi connectivity index (χ0v) is 8.68. The molecule has 0 atom stereocenters. The molecule has 0 heterocycles. The second kappa shape index (κ2) is 4.60. The summed E-state index contributed by atoms with van der Waals surface area (Å²) >= 11 is 0. The molecule has 3 nitrogen and oxygen atoms in total. The van der Waals surface area contributed by atoms with E-state index in [0.717, 1.165) is 6.07 Å². The van der Waals surface area contributed by atoms with E-state index in [0.29, 0.717) is 5.56 Å². The van der Waals surface area contributed by atoms with Gasteiger partial charge in [0.25, 0.3) is 0 Å². The van der Waals surface area contributed by atoms with Crippen LogP contribution in [0.2, 0.25) is 0 Å². The van der Waals surface area contributed by atoms with Crippen LogP contribution in [0.25, 0.3) is 0 Å². The molecule has 0 fully saturated rings. The van der Waals surface area contributed by atoms with Crippen molar-refractivity contribution in [1.82, 2.24) is 0 Å². The fraction of sp³-hybridized carbons (Fsp3) is 0.300. The van der Waals surface area contributed by atoms with Gasteiger partial charge >= 0.3 is 18.3 Å². The molecule has 0 saturated heterocycles. The fourth-order valence-electron chi connectivity index (χ4n) is 1.00. The molecule has 1 aromatic carbocycles. The van der Waals surface area contributed by atoms with Gasteiger partial charge in [-0.1, -0.05) is 6.07 Å². The van der Waals surface area contributed by atoms with Crippen molar-refractivity contribution in [3.8, 4) is 5.75 Å². The Morgan fingerprint density at radius 2 is 2.00 bits per heavy atom. The number of carbonyl (C=O) groups is 1. The maximum absolute atomic E-state index is 12.6. The SMILES string of the molecule is Cc1ccc(NC(=O)C(F)(F)C(F)F)cc1O. The van der Waals surface area contributed by atoms with Crippen molar-refractivity contribution < 1.29 is 27.5 Å². The largest absolute Gasteiger partial charge is 0.508 e. The predicted molar refractivity (Wildman–Crippen MR) is 52.4 cm³/mol. The molecule has 7 heteroatoms. The van der Waals surface area contributed by atoms with Gasteiger partial charge in [-0.3, -0.25) is 4.79 Å². The third kappa shape index (κ3) is 2.86. The van der Waals surface area contributed by atoms with Crippen LogP contribution < -0.4 is 5.32 Å². The summed E-state index contributed by atoms with van der Waals surface area (Å²) in [6.45, 7) is 1.55. The van der Waals surface area contributed by atoms with Crippen LogP contribution in [0, 0.1) is 6.92 Å². The van der Waals surface area contributed by atoms with E-state index in [2.05, 4.69) is 0 Å². The van der Waals surface area contributed by atoms with Gasteiger partial charge in [0.05, 0.1) is 0 Å². The van der Waals surface area contributed by atoms with Crippen molar-refractivity contribution >= 4 is 11.6 Å². The molecule has 0 radical (unpaired) electrons. The zero-order chi connectivity index (χ0) is 13.2. The van der Waals surface area contributed by atoms with E-state index in [-0.39, 0.29) is 11.4 Å². The Balaban J connectivity index is 2.85. The smallest absolute Gasteiger partial charge is 0.383 e. The summed E-state index contributed by atoms with van der Waals surface area (Å²) < 4.78 is 48.9. The van der Waals surface area contributed by atoms with Crippen LogP contribution >= 0.6 is 0 Å². The van der Waals surface area contributed by atoms with Gasteiger partial charge in [-0.15, -0.1) is 0 Å². The molecular formula is C10H9F4NO2. The maximum Gasteiger partial charge on any atom is 0.383 e. The summed E-state index contributed by atoms with van der Waals surface area (Å²) in [4.78, 5) is 10.8. The summed E-state index contributed by atoms with van der Waals surface area (Å²) in [5.74, 6) is -7.11. The van der Waals surface area contributed by atoms with E-state index >= 15 is 0 Å². The molecular weight excluding hydrogens is 242 g/mol. The van der Waals surface area contributed by atoms with Crippen molar-refractivity contribution in [3.63, 3.8) is 0 Å². The molecule has 0 unspecified atom stereocenters. The first-order valence-electron chi connectivity index (χ1n) is 4.52. The summed E-state index contributed by atoms with van der Waals surface area (Å²) in [6.07, 6.45) is -4.08. The minimum atomic E-state index is -4.76.